The number of hydrogen-bond acceptors (Lipinski definition) is 2. The second-order valence-electron chi connectivity index (χ2n) is 12.9. The molecule has 3 saturated heterocycles. The number of fused-ring (bicyclic) bond motifs is 4. The molecule has 0 radical (unpaired) electrons. The molecule has 34 heavy (non-hydrogen) atoms. The highest BCUT2D eigenvalue weighted by molar-refractivity contribution is 5.00. The van der Waals surface area contributed by atoms with Crippen molar-refractivity contribution in [3.63, 3.8) is 0 Å². The van der Waals surface area contributed by atoms with E-state index < -0.39 is 0 Å². The van der Waals surface area contributed by atoms with Gasteiger partial charge in [-0.25, -0.2) is 0 Å². The van der Waals surface area contributed by atoms with Crippen molar-refractivity contribution < 1.29 is 0 Å². The summed E-state index contributed by atoms with van der Waals surface area (Å²) in [6, 6.07) is 1.61. The maximum atomic E-state index is 3.02. The summed E-state index contributed by atoms with van der Waals surface area (Å²) in [5.74, 6) is 0.886. The Bertz CT molecular complexity index is 473. The summed E-state index contributed by atoms with van der Waals surface area (Å²) < 4.78 is 0. The van der Waals surface area contributed by atoms with E-state index in [1.807, 2.05) is 0 Å². The van der Waals surface area contributed by atoms with Crippen LogP contribution in [-0.2, 0) is 0 Å². The number of nitrogens with zero attached hydrogens (tertiary/aromatic N) is 2. The Labute approximate surface area is 216 Å². The molecule has 0 N–H and O–H groups in total. The van der Waals surface area contributed by atoms with Crippen LogP contribution in [0.1, 0.15) is 157 Å². The molecule has 0 spiro atoms. The fourth-order valence-corrected chi connectivity index (χ4v) is 7.13. The van der Waals surface area contributed by atoms with Crippen LogP contribution in [0.15, 0.2) is 0 Å². The van der Waals surface area contributed by atoms with E-state index >= 15 is 0 Å². The van der Waals surface area contributed by atoms with Gasteiger partial charge in [0.2, 0.25) is 0 Å². The fraction of sp³-hybridized carbons (Fsp3) is 1.00. The predicted molar refractivity (Wildman–Crippen MR) is 153 cm³/mol. The van der Waals surface area contributed by atoms with E-state index in [0.29, 0.717) is 5.41 Å². The summed E-state index contributed by atoms with van der Waals surface area (Å²) in [5, 5.41) is 0. The number of piperidine rings is 1. The van der Waals surface area contributed by atoms with Crippen molar-refractivity contribution in [3.05, 3.63) is 0 Å². The maximum Gasteiger partial charge on any atom is 0.0274 e. The molecular formula is C32H64N2. The Morgan fingerprint density at radius 2 is 1.12 bits per heavy atom. The molecule has 3 aliphatic heterocycles. The second-order valence-corrected chi connectivity index (χ2v) is 12.9. The molecule has 0 aromatic heterocycles. The van der Waals surface area contributed by atoms with Gasteiger partial charge in [0.25, 0.3) is 0 Å². The monoisotopic (exact) mass is 477 g/mol. The molecule has 0 aliphatic carbocycles. The standard InChI is InChI=1S/C32H64N2/c1-6-9-12-15-18-21-24-33-26-29-25-32(4,5)31(33)28-34(27-29)30(22-19-16-13-10-7-2)23-20-17-14-11-8-3/h29-31H,6-28H2,1-5H3. The van der Waals surface area contributed by atoms with Crippen LogP contribution in [0.2, 0.25) is 0 Å². The largest absolute Gasteiger partial charge is 0.298 e. The van der Waals surface area contributed by atoms with Crippen LogP contribution in [-0.4, -0.2) is 48.1 Å². The first-order chi connectivity index (χ1) is 16.5. The topological polar surface area (TPSA) is 6.48 Å². The third-order valence-corrected chi connectivity index (χ3v) is 9.15. The number of hydrogen-bond donors (Lipinski definition) is 0. The van der Waals surface area contributed by atoms with Gasteiger partial charge in [0.1, 0.15) is 0 Å². The summed E-state index contributed by atoms with van der Waals surface area (Å²) in [7, 11) is 0. The van der Waals surface area contributed by atoms with Crippen LogP contribution in [0.5, 0.6) is 0 Å². The second kappa shape index (κ2) is 17.4. The SMILES string of the molecule is CCCCCCCCN1CC2CN(C(CCCCCCC)CCCCCCC)CC1C(C)(C)C2. The molecule has 2 unspecified atom stereocenters. The molecule has 0 amide bonds. The highest BCUT2D eigenvalue weighted by atomic mass is 15.3. The molecule has 3 fully saturated rings. The van der Waals surface area contributed by atoms with Gasteiger partial charge in [-0.1, -0.05) is 131 Å². The first-order valence-corrected chi connectivity index (χ1v) is 16.0. The van der Waals surface area contributed by atoms with E-state index in [1.165, 1.54) is 148 Å². The maximum absolute atomic E-state index is 3.02. The van der Waals surface area contributed by atoms with Crippen LogP contribution in [0.25, 0.3) is 0 Å². The van der Waals surface area contributed by atoms with Crippen molar-refractivity contribution >= 4 is 0 Å². The molecule has 202 valence electrons. The lowest BCUT2D eigenvalue weighted by atomic mass is 9.73. The number of unbranched alkanes of at least 4 members (excludes halogenated alkanes) is 13. The van der Waals surface area contributed by atoms with Crippen molar-refractivity contribution in [2.45, 2.75) is 169 Å². The minimum absolute atomic E-state index is 0.479. The van der Waals surface area contributed by atoms with E-state index in [0.717, 1.165) is 18.0 Å². The average Bonchev–Trinajstić information content (AvgIpc) is 3.06. The quantitative estimate of drug-likeness (QED) is 0.161. The van der Waals surface area contributed by atoms with E-state index in [-0.39, 0.29) is 0 Å². The van der Waals surface area contributed by atoms with Crippen LogP contribution < -0.4 is 0 Å². The van der Waals surface area contributed by atoms with Crippen molar-refractivity contribution in [2.24, 2.45) is 11.3 Å². The lowest BCUT2D eigenvalue weighted by Crippen LogP contribution is -2.54. The molecule has 2 atom stereocenters. The Morgan fingerprint density at radius 3 is 1.68 bits per heavy atom. The third-order valence-electron chi connectivity index (χ3n) is 9.15. The van der Waals surface area contributed by atoms with Crippen molar-refractivity contribution in [2.75, 3.05) is 26.2 Å². The normalized spacial score (nSPS) is 23.1. The lowest BCUT2D eigenvalue weighted by Gasteiger charge is -2.47. The minimum atomic E-state index is 0.479. The van der Waals surface area contributed by atoms with E-state index in [9.17, 15) is 0 Å². The summed E-state index contributed by atoms with van der Waals surface area (Å²) in [4.78, 5) is 5.97. The molecule has 3 aliphatic rings. The third kappa shape index (κ3) is 10.9. The molecule has 2 heteroatoms. The van der Waals surface area contributed by atoms with Gasteiger partial charge in [-0.15, -0.1) is 0 Å². The van der Waals surface area contributed by atoms with Gasteiger partial charge in [0.15, 0.2) is 0 Å². The average molecular weight is 477 g/mol. The molecule has 2 nitrogen and oxygen atoms in total. The van der Waals surface area contributed by atoms with E-state index in [1.54, 1.807) is 0 Å². The lowest BCUT2D eigenvalue weighted by molar-refractivity contribution is 0.0216. The molecule has 3 rings (SSSR count). The highest BCUT2D eigenvalue weighted by Gasteiger charge is 2.46. The molecular weight excluding hydrogens is 412 g/mol. The molecule has 2 bridgehead atoms. The van der Waals surface area contributed by atoms with Gasteiger partial charge < -0.3 is 0 Å². The smallest absolute Gasteiger partial charge is 0.0274 e. The molecule has 0 aromatic carbocycles. The summed E-state index contributed by atoms with van der Waals surface area (Å²) in [6.45, 7) is 17.6. The van der Waals surface area contributed by atoms with Crippen LogP contribution >= 0.6 is 0 Å². The van der Waals surface area contributed by atoms with Crippen LogP contribution in [0.4, 0.5) is 0 Å². The molecule has 0 aromatic rings. The van der Waals surface area contributed by atoms with Gasteiger partial charge in [0.05, 0.1) is 0 Å². The van der Waals surface area contributed by atoms with Crippen LogP contribution in [0.3, 0.4) is 0 Å². The van der Waals surface area contributed by atoms with Crippen molar-refractivity contribution in [3.8, 4) is 0 Å². The Kier molecular flexibility index (Phi) is 15.4. The van der Waals surface area contributed by atoms with E-state index in [4.69, 9.17) is 0 Å². The van der Waals surface area contributed by atoms with Gasteiger partial charge >= 0.3 is 0 Å². The zero-order valence-electron chi connectivity index (χ0n) is 24.4. The Balaban J connectivity index is 1.93. The highest BCUT2D eigenvalue weighted by Crippen LogP contribution is 2.42. The zero-order valence-corrected chi connectivity index (χ0v) is 24.4. The minimum Gasteiger partial charge on any atom is -0.298 e. The predicted octanol–water partition coefficient (Wildman–Crippen LogP) is 9.47. The van der Waals surface area contributed by atoms with Crippen molar-refractivity contribution in [1.82, 2.24) is 9.80 Å². The van der Waals surface area contributed by atoms with Gasteiger partial charge in [-0.3, -0.25) is 9.80 Å². The summed E-state index contributed by atoms with van der Waals surface area (Å²) in [5.41, 5.74) is 0.479. The van der Waals surface area contributed by atoms with Crippen molar-refractivity contribution in [1.29, 1.82) is 0 Å². The first kappa shape index (κ1) is 30.1. The number of rotatable bonds is 20. The first-order valence-electron chi connectivity index (χ1n) is 16.0. The van der Waals surface area contributed by atoms with Gasteiger partial charge in [-0.05, 0) is 43.6 Å². The summed E-state index contributed by atoms with van der Waals surface area (Å²) in [6.07, 6.45) is 27.2. The Hall–Kier alpha value is -0.0800. The Morgan fingerprint density at radius 1 is 0.618 bits per heavy atom. The molecule has 3 heterocycles. The van der Waals surface area contributed by atoms with Gasteiger partial charge in [-0.2, -0.15) is 0 Å². The summed E-state index contributed by atoms with van der Waals surface area (Å²) >= 11 is 0. The molecule has 0 saturated carbocycles. The van der Waals surface area contributed by atoms with Gasteiger partial charge in [0, 0.05) is 31.7 Å². The fourth-order valence-electron chi connectivity index (χ4n) is 7.13. The zero-order chi connectivity index (χ0) is 24.7. The van der Waals surface area contributed by atoms with E-state index in [2.05, 4.69) is 44.4 Å². The van der Waals surface area contributed by atoms with Crippen LogP contribution in [0, 0.1) is 11.3 Å².